The van der Waals surface area contributed by atoms with Gasteiger partial charge in [-0.05, 0) is 0 Å². The van der Waals surface area contributed by atoms with E-state index < -0.39 is 28.5 Å². The molecular formula is C6H8F3NO3S. The quantitative estimate of drug-likeness (QED) is 0.755. The Balaban J connectivity index is 4.00. The Morgan fingerprint density at radius 2 is 1.93 bits per heavy atom. The maximum atomic E-state index is 11.6. The van der Waals surface area contributed by atoms with Crippen molar-refractivity contribution in [2.45, 2.75) is 6.18 Å². The summed E-state index contributed by atoms with van der Waals surface area (Å²) in [5.74, 6) is -2.10. The summed E-state index contributed by atoms with van der Waals surface area (Å²) in [5, 5.41) is 2.19. The van der Waals surface area contributed by atoms with E-state index in [-0.39, 0.29) is 0 Å². The summed E-state index contributed by atoms with van der Waals surface area (Å²) in [6.07, 6.45) is -3.15. The van der Waals surface area contributed by atoms with Gasteiger partial charge in [-0.25, -0.2) is 8.42 Å². The zero-order chi connectivity index (χ0) is 11.4. The Bertz CT molecular complexity index is 331. The summed E-state index contributed by atoms with van der Waals surface area (Å²) in [4.78, 5) is 10.2. The molecule has 0 aromatic rings. The molecule has 0 saturated carbocycles. The van der Waals surface area contributed by atoms with E-state index in [0.717, 1.165) is 12.3 Å². The SMILES string of the molecule is CS(=O)(=O)/C=C/CNC(=O)C(F)(F)F. The fourth-order valence-corrected chi connectivity index (χ4v) is 0.921. The first-order valence-electron chi connectivity index (χ1n) is 3.34. The lowest BCUT2D eigenvalue weighted by molar-refractivity contribution is -0.173. The summed E-state index contributed by atoms with van der Waals surface area (Å²) in [6.45, 7) is -0.481. The van der Waals surface area contributed by atoms with Crippen LogP contribution < -0.4 is 5.32 Å². The molecule has 4 nitrogen and oxygen atoms in total. The van der Waals surface area contributed by atoms with Crippen molar-refractivity contribution in [2.24, 2.45) is 0 Å². The van der Waals surface area contributed by atoms with Gasteiger partial charge < -0.3 is 5.32 Å². The van der Waals surface area contributed by atoms with Gasteiger partial charge in [-0.15, -0.1) is 0 Å². The van der Waals surface area contributed by atoms with Crippen molar-refractivity contribution in [2.75, 3.05) is 12.8 Å². The summed E-state index contributed by atoms with van der Waals surface area (Å²) in [7, 11) is -3.37. The van der Waals surface area contributed by atoms with Crippen LogP contribution in [0.1, 0.15) is 0 Å². The van der Waals surface area contributed by atoms with E-state index >= 15 is 0 Å². The fraction of sp³-hybridized carbons (Fsp3) is 0.500. The molecule has 0 aliphatic rings. The normalized spacial score (nSPS) is 13.1. The van der Waals surface area contributed by atoms with Crippen LogP contribution >= 0.6 is 0 Å². The largest absolute Gasteiger partial charge is 0.471 e. The minimum Gasteiger partial charge on any atom is -0.345 e. The number of rotatable bonds is 3. The van der Waals surface area contributed by atoms with E-state index in [0.29, 0.717) is 5.41 Å². The maximum absolute atomic E-state index is 11.6. The van der Waals surface area contributed by atoms with E-state index in [1.807, 2.05) is 0 Å². The molecule has 0 atom stereocenters. The number of hydrogen-bond acceptors (Lipinski definition) is 3. The lowest BCUT2D eigenvalue weighted by atomic mass is 10.5. The summed E-state index contributed by atoms with van der Waals surface area (Å²) in [6, 6.07) is 0. The Morgan fingerprint density at radius 1 is 1.43 bits per heavy atom. The molecule has 0 aliphatic carbocycles. The molecular weight excluding hydrogens is 223 g/mol. The monoisotopic (exact) mass is 231 g/mol. The van der Waals surface area contributed by atoms with E-state index in [9.17, 15) is 26.4 Å². The first kappa shape index (κ1) is 12.9. The summed E-state index contributed by atoms with van der Waals surface area (Å²) in [5.41, 5.74) is 0. The highest BCUT2D eigenvalue weighted by Gasteiger charge is 2.37. The fourth-order valence-electron chi connectivity index (χ4n) is 0.475. The van der Waals surface area contributed by atoms with Crippen molar-refractivity contribution >= 4 is 15.7 Å². The lowest BCUT2D eigenvalue weighted by Crippen LogP contribution is -2.36. The standard InChI is InChI=1S/C6H8F3NO3S/c1-14(12,13)4-2-3-10-5(11)6(7,8)9/h2,4H,3H2,1H3,(H,10,11)/b4-2+. The Kier molecular flexibility index (Phi) is 4.11. The average Bonchev–Trinajstić information content (AvgIpc) is 1.93. The van der Waals surface area contributed by atoms with Crippen LogP contribution in [0.4, 0.5) is 13.2 Å². The third kappa shape index (κ3) is 6.46. The third-order valence-corrected chi connectivity index (χ3v) is 1.67. The highest BCUT2D eigenvalue weighted by molar-refractivity contribution is 7.93. The minimum atomic E-state index is -4.95. The molecule has 0 rings (SSSR count). The average molecular weight is 231 g/mol. The molecule has 0 aromatic heterocycles. The third-order valence-electron chi connectivity index (χ3n) is 0.981. The molecule has 0 saturated heterocycles. The minimum absolute atomic E-state index is 0.481. The van der Waals surface area contributed by atoms with Crippen LogP contribution in [0, 0.1) is 0 Å². The maximum Gasteiger partial charge on any atom is 0.471 e. The molecule has 0 fully saturated rings. The molecule has 0 aliphatic heterocycles. The van der Waals surface area contributed by atoms with Gasteiger partial charge in [0, 0.05) is 18.2 Å². The zero-order valence-corrected chi connectivity index (χ0v) is 7.95. The Labute approximate surface area is 78.7 Å². The van der Waals surface area contributed by atoms with Gasteiger partial charge in [0.15, 0.2) is 9.84 Å². The number of alkyl halides is 3. The second-order valence-corrected chi connectivity index (χ2v) is 4.34. The molecule has 0 unspecified atom stereocenters. The molecule has 0 spiro atoms. The number of halogens is 3. The molecule has 14 heavy (non-hydrogen) atoms. The van der Waals surface area contributed by atoms with Gasteiger partial charge in [0.1, 0.15) is 0 Å². The number of nitrogens with one attached hydrogen (secondary N) is 1. The van der Waals surface area contributed by atoms with Crippen molar-refractivity contribution < 1.29 is 26.4 Å². The van der Waals surface area contributed by atoms with Crippen LogP contribution in [-0.2, 0) is 14.6 Å². The van der Waals surface area contributed by atoms with Crippen LogP contribution in [0.2, 0.25) is 0 Å². The molecule has 0 radical (unpaired) electrons. The van der Waals surface area contributed by atoms with Crippen molar-refractivity contribution in [1.82, 2.24) is 5.32 Å². The van der Waals surface area contributed by atoms with Gasteiger partial charge >= 0.3 is 12.1 Å². The van der Waals surface area contributed by atoms with Crippen LogP contribution in [0.15, 0.2) is 11.5 Å². The second kappa shape index (κ2) is 4.45. The number of carbonyl (C=O) groups excluding carboxylic acids is 1. The topological polar surface area (TPSA) is 63.2 Å². The highest BCUT2D eigenvalue weighted by atomic mass is 32.2. The highest BCUT2D eigenvalue weighted by Crippen LogP contribution is 2.13. The molecule has 0 heterocycles. The zero-order valence-electron chi connectivity index (χ0n) is 7.13. The van der Waals surface area contributed by atoms with E-state index in [1.54, 1.807) is 0 Å². The van der Waals surface area contributed by atoms with Crippen molar-refractivity contribution in [3.8, 4) is 0 Å². The van der Waals surface area contributed by atoms with Crippen LogP contribution in [0.3, 0.4) is 0 Å². The van der Waals surface area contributed by atoms with Crippen LogP contribution in [0.25, 0.3) is 0 Å². The van der Waals surface area contributed by atoms with Crippen molar-refractivity contribution in [3.05, 3.63) is 11.5 Å². The second-order valence-electron chi connectivity index (χ2n) is 2.41. The van der Waals surface area contributed by atoms with Gasteiger partial charge in [0.25, 0.3) is 0 Å². The lowest BCUT2D eigenvalue weighted by Gasteiger charge is -2.04. The molecule has 1 N–H and O–H groups in total. The summed E-state index contributed by atoms with van der Waals surface area (Å²) < 4.78 is 55.6. The van der Waals surface area contributed by atoms with Crippen molar-refractivity contribution in [1.29, 1.82) is 0 Å². The van der Waals surface area contributed by atoms with Gasteiger partial charge in [-0.2, -0.15) is 13.2 Å². The molecule has 82 valence electrons. The molecule has 0 bridgehead atoms. The first-order valence-corrected chi connectivity index (χ1v) is 5.30. The smallest absolute Gasteiger partial charge is 0.345 e. The van der Waals surface area contributed by atoms with Gasteiger partial charge in [0.2, 0.25) is 0 Å². The number of hydrogen-bond donors (Lipinski definition) is 1. The first-order chi connectivity index (χ1) is 6.13. The Morgan fingerprint density at radius 3 is 2.29 bits per heavy atom. The van der Waals surface area contributed by atoms with E-state index in [4.69, 9.17) is 0 Å². The van der Waals surface area contributed by atoms with Crippen LogP contribution in [-0.4, -0.2) is 33.3 Å². The number of amides is 1. The number of carbonyl (C=O) groups is 1. The predicted octanol–water partition coefficient (Wildman–Crippen LogP) is 0.223. The predicted molar refractivity (Wildman–Crippen MR) is 43.0 cm³/mol. The molecule has 8 heteroatoms. The van der Waals surface area contributed by atoms with E-state index in [2.05, 4.69) is 0 Å². The van der Waals surface area contributed by atoms with Crippen LogP contribution in [0.5, 0.6) is 0 Å². The Hall–Kier alpha value is -1.05. The van der Waals surface area contributed by atoms with Gasteiger partial charge in [-0.1, -0.05) is 6.08 Å². The van der Waals surface area contributed by atoms with E-state index in [1.165, 1.54) is 5.32 Å². The van der Waals surface area contributed by atoms with Crippen molar-refractivity contribution in [3.63, 3.8) is 0 Å². The summed E-state index contributed by atoms with van der Waals surface area (Å²) >= 11 is 0. The van der Waals surface area contributed by atoms with Gasteiger partial charge in [-0.3, -0.25) is 4.79 Å². The molecule has 1 amide bonds. The number of sulfone groups is 1. The molecule has 0 aromatic carbocycles. The van der Waals surface area contributed by atoms with Gasteiger partial charge in [0.05, 0.1) is 0 Å².